The van der Waals surface area contributed by atoms with Crippen molar-refractivity contribution >= 4 is 10.0 Å². The van der Waals surface area contributed by atoms with Gasteiger partial charge in [-0.3, -0.25) is 0 Å². The average molecular weight is 271 g/mol. The summed E-state index contributed by atoms with van der Waals surface area (Å²) in [5.41, 5.74) is 0.688. The molecule has 0 aromatic heterocycles. The van der Waals surface area contributed by atoms with E-state index < -0.39 is 16.3 Å². The van der Waals surface area contributed by atoms with Gasteiger partial charge in [-0.1, -0.05) is 18.6 Å². The van der Waals surface area contributed by atoms with Gasteiger partial charge in [0.05, 0.1) is 4.90 Å². The maximum absolute atomic E-state index is 12.0. The summed E-state index contributed by atoms with van der Waals surface area (Å²) in [5, 5.41) is 17.6. The highest BCUT2D eigenvalue weighted by Gasteiger charge is 2.24. The minimum atomic E-state index is -3.44. The van der Waals surface area contributed by atoms with Crippen LogP contribution in [0, 0.1) is 0 Å². The van der Waals surface area contributed by atoms with Crippen LogP contribution >= 0.6 is 0 Å². The molecule has 2 rings (SSSR count). The number of hydrogen-bond acceptors (Lipinski definition) is 4. The summed E-state index contributed by atoms with van der Waals surface area (Å²) in [5.74, 6) is 0. The molecule has 6 heteroatoms. The highest BCUT2D eigenvalue weighted by Crippen LogP contribution is 2.21. The lowest BCUT2D eigenvalue weighted by Gasteiger charge is -2.26. The summed E-state index contributed by atoms with van der Waals surface area (Å²) in [6.07, 6.45) is 1.54. The summed E-state index contributed by atoms with van der Waals surface area (Å²) in [6.45, 7) is 0. The van der Waals surface area contributed by atoms with Gasteiger partial charge in [-0.05, 0) is 30.5 Å². The van der Waals surface area contributed by atoms with E-state index in [-0.39, 0.29) is 17.4 Å². The number of hydrogen-bond donors (Lipinski definition) is 3. The predicted octanol–water partition coefficient (Wildman–Crippen LogP) is 0.371. The van der Waals surface area contributed by atoms with Gasteiger partial charge in [-0.15, -0.1) is 0 Å². The molecule has 1 fully saturated rings. The van der Waals surface area contributed by atoms with Crippen LogP contribution in [-0.2, 0) is 16.4 Å². The van der Waals surface area contributed by atoms with Crippen molar-refractivity contribution in [3.63, 3.8) is 0 Å². The molecule has 1 saturated carbocycles. The van der Waals surface area contributed by atoms with Gasteiger partial charge in [0.25, 0.3) is 0 Å². The summed E-state index contributed by atoms with van der Waals surface area (Å²) < 4.78 is 26.6. The van der Waals surface area contributed by atoms with Crippen molar-refractivity contribution in [2.24, 2.45) is 0 Å². The smallest absolute Gasteiger partial charge is 0.240 e. The number of aliphatic hydroxyl groups excluding tert-OH is 1. The van der Waals surface area contributed by atoms with E-state index in [4.69, 9.17) is 10.2 Å². The fourth-order valence-electron chi connectivity index (χ4n) is 1.83. The molecule has 1 aromatic rings. The van der Waals surface area contributed by atoms with Crippen molar-refractivity contribution in [3.05, 3.63) is 29.8 Å². The van der Waals surface area contributed by atoms with Crippen LogP contribution < -0.4 is 4.72 Å². The third-order valence-electron chi connectivity index (χ3n) is 3.08. The Kier molecular flexibility index (Phi) is 4.01. The molecule has 1 aromatic carbocycles. The Morgan fingerprint density at radius 3 is 2.28 bits per heavy atom. The maximum atomic E-state index is 12.0. The monoisotopic (exact) mass is 271 g/mol. The number of aliphatic hydroxyl groups is 2. The second-order valence-electron chi connectivity index (χ2n) is 4.58. The van der Waals surface area contributed by atoms with Crippen LogP contribution in [0.15, 0.2) is 29.2 Å². The van der Waals surface area contributed by atoms with E-state index in [0.717, 1.165) is 19.3 Å². The number of nitrogens with one attached hydrogen (secondary N) is 1. The Morgan fingerprint density at radius 2 is 1.83 bits per heavy atom. The predicted molar refractivity (Wildman–Crippen MR) is 66.3 cm³/mol. The highest BCUT2D eigenvalue weighted by atomic mass is 32.2. The molecule has 0 radical (unpaired) electrons. The van der Waals surface area contributed by atoms with E-state index in [0.29, 0.717) is 5.56 Å². The van der Waals surface area contributed by atoms with Gasteiger partial charge in [0.1, 0.15) is 0 Å². The molecule has 0 atom stereocenters. The van der Waals surface area contributed by atoms with Crippen LogP contribution in [-0.4, -0.2) is 31.0 Å². The van der Waals surface area contributed by atoms with Crippen LogP contribution in [0.3, 0.4) is 0 Å². The van der Waals surface area contributed by atoms with Crippen LogP contribution in [0.5, 0.6) is 0 Å². The van der Waals surface area contributed by atoms with Gasteiger partial charge < -0.3 is 10.2 Å². The second kappa shape index (κ2) is 5.36. The standard InChI is InChI=1S/C12H17NO4S/c14-12(15)8-9-4-6-11(7-5-9)18(16,17)13-10-2-1-3-10/h4-7,10,12-15H,1-3,8H2. The molecule has 3 N–H and O–H groups in total. The fourth-order valence-corrected chi connectivity index (χ4v) is 3.13. The molecule has 0 amide bonds. The minimum absolute atomic E-state index is 0.0638. The van der Waals surface area contributed by atoms with E-state index >= 15 is 0 Å². The number of sulfonamides is 1. The molecular formula is C12H17NO4S. The quantitative estimate of drug-likeness (QED) is 0.675. The van der Waals surface area contributed by atoms with Crippen molar-refractivity contribution in [1.29, 1.82) is 0 Å². The van der Waals surface area contributed by atoms with Crippen LogP contribution in [0.25, 0.3) is 0 Å². The van der Waals surface area contributed by atoms with Gasteiger partial charge in [0.2, 0.25) is 10.0 Å². The van der Waals surface area contributed by atoms with Gasteiger partial charge in [-0.25, -0.2) is 13.1 Å². The first-order valence-corrected chi connectivity index (χ1v) is 7.43. The Bertz CT molecular complexity index is 491. The molecule has 5 nitrogen and oxygen atoms in total. The normalized spacial score (nSPS) is 16.8. The van der Waals surface area contributed by atoms with E-state index in [1.807, 2.05) is 0 Å². The molecular weight excluding hydrogens is 254 g/mol. The SMILES string of the molecule is O=S(=O)(NC1CCC1)c1ccc(CC(O)O)cc1. The third-order valence-corrected chi connectivity index (χ3v) is 4.62. The van der Waals surface area contributed by atoms with Crippen LogP contribution in [0.1, 0.15) is 24.8 Å². The van der Waals surface area contributed by atoms with Gasteiger partial charge in [0, 0.05) is 12.5 Å². The maximum Gasteiger partial charge on any atom is 0.240 e. The van der Waals surface area contributed by atoms with Gasteiger partial charge >= 0.3 is 0 Å². The number of benzene rings is 1. The van der Waals surface area contributed by atoms with Crippen molar-refractivity contribution in [1.82, 2.24) is 4.72 Å². The topological polar surface area (TPSA) is 86.6 Å². The number of rotatable bonds is 5. The zero-order chi connectivity index (χ0) is 13.2. The van der Waals surface area contributed by atoms with Crippen LogP contribution in [0.2, 0.25) is 0 Å². The minimum Gasteiger partial charge on any atom is -0.368 e. The first-order chi connectivity index (χ1) is 8.47. The van der Waals surface area contributed by atoms with Crippen molar-refractivity contribution < 1.29 is 18.6 Å². The van der Waals surface area contributed by atoms with Crippen LogP contribution in [0.4, 0.5) is 0 Å². The average Bonchev–Trinajstić information content (AvgIpc) is 2.24. The van der Waals surface area contributed by atoms with Crippen molar-refractivity contribution in [2.45, 2.75) is 42.9 Å². The van der Waals surface area contributed by atoms with E-state index in [9.17, 15) is 8.42 Å². The fraction of sp³-hybridized carbons (Fsp3) is 0.500. The second-order valence-corrected chi connectivity index (χ2v) is 6.29. The van der Waals surface area contributed by atoms with Gasteiger partial charge in [-0.2, -0.15) is 0 Å². The Labute approximate surface area is 107 Å². The molecule has 100 valence electrons. The van der Waals surface area contributed by atoms with E-state index in [1.54, 1.807) is 12.1 Å². The summed E-state index contributed by atoms with van der Waals surface area (Å²) in [6, 6.07) is 6.22. The van der Waals surface area contributed by atoms with E-state index in [1.165, 1.54) is 12.1 Å². The molecule has 18 heavy (non-hydrogen) atoms. The van der Waals surface area contributed by atoms with Crippen molar-refractivity contribution in [2.75, 3.05) is 0 Å². The molecule has 0 heterocycles. The lowest BCUT2D eigenvalue weighted by molar-refractivity contribution is -0.0381. The Morgan fingerprint density at radius 1 is 1.22 bits per heavy atom. The lowest BCUT2D eigenvalue weighted by atomic mass is 9.94. The van der Waals surface area contributed by atoms with Gasteiger partial charge in [0.15, 0.2) is 6.29 Å². The zero-order valence-electron chi connectivity index (χ0n) is 9.91. The first kappa shape index (κ1) is 13.5. The van der Waals surface area contributed by atoms with E-state index in [2.05, 4.69) is 4.72 Å². The molecule has 0 spiro atoms. The lowest BCUT2D eigenvalue weighted by Crippen LogP contribution is -2.39. The Hall–Kier alpha value is -0.950. The Balaban J connectivity index is 2.07. The van der Waals surface area contributed by atoms with Crippen molar-refractivity contribution in [3.8, 4) is 0 Å². The first-order valence-electron chi connectivity index (χ1n) is 5.95. The highest BCUT2D eigenvalue weighted by molar-refractivity contribution is 7.89. The zero-order valence-corrected chi connectivity index (χ0v) is 10.7. The molecule has 0 bridgehead atoms. The molecule has 0 saturated heterocycles. The summed E-state index contributed by atoms with van der Waals surface area (Å²) in [7, 11) is -3.44. The summed E-state index contributed by atoms with van der Waals surface area (Å²) in [4.78, 5) is 0.213. The largest absolute Gasteiger partial charge is 0.368 e. The summed E-state index contributed by atoms with van der Waals surface area (Å²) >= 11 is 0. The molecule has 1 aliphatic rings. The molecule has 0 aliphatic heterocycles. The molecule has 1 aliphatic carbocycles. The molecule has 0 unspecified atom stereocenters. The third kappa shape index (κ3) is 3.29.